The molecule has 2 nitrogen and oxygen atoms in total. The van der Waals surface area contributed by atoms with E-state index in [1.807, 2.05) is 0 Å². The van der Waals surface area contributed by atoms with Crippen LogP contribution in [0.3, 0.4) is 0 Å². The molecule has 0 unspecified atom stereocenters. The molecule has 0 aromatic rings. The first kappa shape index (κ1) is 11.7. The number of esters is 1. The highest BCUT2D eigenvalue weighted by Gasteiger charge is 1.75. The Morgan fingerprint density at radius 2 is 1.44 bits per heavy atom. The summed E-state index contributed by atoms with van der Waals surface area (Å²) in [5.41, 5.74) is 0. The number of carbonyl (C=O) groups excluding carboxylic acids is 1. The number of hydrogen-bond donors (Lipinski definition) is 0. The molecule has 0 radical (unpaired) electrons. The normalized spacial score (nSPS) is 7.78. The molecule has 9 heavy (non-hydrogen) atoms. The summed E-state index contributed by atoms with van der Waals surface area (Å²) in [7, 11) is 1.73. The van der Waals surface area contributed by atoms with Crippen molar-refractivity contribution in [3.8, 4) is 0 Å². The van der Waals surface area contributed by atoms with Crippen LogP contribution in [0, 0.1) is 0 Å². The van der Waals surface area contributed by atoms with E-state index in [1.165, 1.54) is 14.0 Å². The van der Waals surface area contributed by atoms with Crippen molar-refractivity contribution in [1.82, 2.24) is 0 Å². The number of methoxy groups -OCH3 is 1. The second kappa shape index (κ2) is 7.90. The van der Waals surface area contributed by atoms with Gasteiger partial charge in [0.1, 0.15) is 0 Å². The molecule has 56 valence electrons. The Kier molecular flexibility index (Phi) is 10.2. The quantitative estimate of drug-likeness (QED) is 0.386. The Bertz CT molecular complexity index is 68.7. The predicted octanol–water partition coefficient (Wildman–Crippen LogP) is 1.54. The highest BCUT2D eigenvalue weighted by Crippen LogP contribution is 2.14. The lowest BCUT2D eigenvalue weighted by Gasteiger charge is -1.81. The summed E-state index contributed by atoms with van der Waals surface area (Å²) in [6.07, 6.45) is 0. The molecule has 0 N–H and O–H groups in total. The van der Waals surface area contributed by atoms with Crippen molar-refractivity contribution in [3.05, 3.63) is 0 Å². The van der Waals surface area contributed by atoms with Crippen molar-refractivity contribution in [2.75, 3.05) is 27.1 Å². The van der Waals surface area contributed by atoms with E-state index in [0.29, 0.717) is 7.92 Å². The lowest BCUT2D eigenvalue weighted by Crippen LogP contribution is -1.88. The van der Waals surface area contributed by atoms with Crippen LogP contribution >= 0.6 is 7.92 Å². The molecule has 0 aliphatic rings. The first-order valence-corrected chi connectivity index (χ1v) is 5.34. The van der Waals surface area contributed by atoms with Gasteiger partial charge in [0.25, 0.3) is 0 Å². The molecule has 0 saturated heterocycles. The minimum absolute atomic E-state index is 0.245. The molecule has 0 aliphatic heterocycles. The van der Waals surface area contributed by atoms with E-state index in [9.17, 15) is 4.79 Å². The molecular weight excluding hydrogens is 135 g/mol. The summed E-state index contributed by atoms with van der Waals surface area (Å²) in [5.74, 6) is -0.245. The molecule has 0 aliphatic carbocycles. The van der Waals surface area contributed by atoms with Gasteiger partial charge in [0.2, 0.25) is 0 Å². The maximum atomic E-state index is 9.59. The average molecular weight is 150 g/mol. The Hall–Kier alpha value is -0.100. The SMILES string of the molecule is COC(C)=O.CP(C)C. The van der Waals surface area contributed by atoms with Gasteiger partial charge in [-0.2, -0.15) is 0 Å². The summed E-state index contributed by atoms with van der Waals surface area (Å²) in [5, 5.41) is 0. The van der Waals surface area contributed by atoms with Crippen LogP contribution in [0.5, 0.6) is 0 Å². The van der Waals surface area contributed by atoms with Crippen molar-refractivity contribution in [3.63, 3.8) is 0 Å². The Morgan fingerprint density at radius 1 is 1.33 bits per heavy atom. The van der Waals surface area contributed by atoms with E-state index in [4.69, 9.17) is 0 Å². The Balaban J connectivity index is 0. The molecule has 0 saturated carbocycles. The number of carbonyl (C=O) groups is 1. The summed E-state index contributed by atoms with van der Waals surface area (Å²) < 4.78 is 4.11. The van der Waals surface area contributed by atoms with Crippen molar-refractivity contribution in [1.29, 1.82) is 0 Å². The second-order valence-corrected chi connectivity index (χ2v) is 4.72. The largest absolute Gasteiger partial charge is 0.469 e. The molecule has 0 atom stereocenters. The van der Waals surface area contributed by atoms with Gasteiger partial charge in [-0.15, -0.1) is 7.92 Å². The number of hydrogen-bond acceptors (Lipinski definition) is 2. The molecule has 0 heterocycles. The molecule has 0 rings (SSSR count). The van der Waals surface area contributed by atoms with Crippen LogP contribution in [-0.2, 0) is 9.53 Å². The molecular formula is C6H15O2P. The van der Waals surface area contributed by atoms with E-state index in [2.05, 4.69) is 24.7 Å². The van der Waals surface area contributed by atoms with Gasteiger partial charge in [0, 0.05) is 6.92 Å². The average Bonchev–Trinajstić information content (AvgIpc) is 1.65. The smallest absolute Gasteiger partial charge is 0.302 e. The highest BCUT2D eigenvalue weighted by atomic mass is 31.1. The van der Waals surface area contributed by atoms with Gasteiger partial charge in [0.15, 0.2) is 0 Å². The van der Waals surface area contributed by atoms with E-state index >= 15 is 0 Å². The lowest BCUT2D eigenvalue weighted by molar-refractivity contribution is -0.137. The van der Waals surface area contributed by atoms with Crippen LogP contribution < -0.4 is 0 Å². The predicted molar refractivity (Wildman–Crippen MR) is 42.4 cm³/mol. The maximum absolute atomic E-state index is 9.59. The third kappa shape index (κ3) is 76.2. The van der Waals surface area contributed by atoms with Crippen molar-refractivity contribution < 1.29 is 9.53 Å². The van der Waals surface area contributed by atoms with Gasteiger partial charge < -0.3 is 4.74 Å². The molecule has 0 spiro atoms. The molecule has 0 aromatic carbocycles. The van der Waals surface area contributed by atoms with Crippen LogP contribution in [0.4, 0.5) is 0 Å². The zero-order chi connectivity index (χ0) is 7.86. The number of rotatable bonds is 0. The topological polar surface area (TPSA) is 26.3 Å². The first-order chi connectivity index (χ1) is 4.00. The highest BCUT2D eigenvalue weighted by molar-refractivity contribution is 7.55. The van der Waals surface area contributed by atoms with Gasteiger partial charge >= 0.3 is 5.97 Å². The van der Waals surface area contributed by atoms with Crippen LogP contribution in [0.2, 0.25) is 0 Å². The van der Waals surface area contributed by atoms with Crippen LogP contribution in [0.1, 0.15) is 6.92 Å². The molecule has 3 heteroatoms. The molecule has 0 amide bonds. The van der Waals surface area contributed by atoms with Crippen LogP contribution in [-0.4, -0.2) is 33.1 Å². The fourth-order valence-electron chi connectivity index (χ4n) is 0. The van der Waals surface area contributed by atoms with Gasteiger partial charge in [-0.25, -0.2) is 0 Å². The van der Waals surface area contributed by atoms with E-state index in [-0.39, 0.29) is 5.97 Å². The fraction of sp³-hybridized carbons (Fsp3) is 0.833. The second-order valence-electron chi connectivity index (χ2n) is 2.04. The third-order valence-corrected chi connectivity index (χ3v) is 0.287. The summed E-state index contributed by atoms with van der Waals surface area (Å²) in [6, 6.07) is 0. The number of ether oxygens (including phenoxy) is 1. The van der Waals surface area contributed by atoms with Gasteiger partial charge in [-0.1, -0.05) is 0 Å². The molecule has 0 aromatic heterocycles. The summed E-state index contributed by atoms with van der Waals surface area (Å²) in [4.78, 5) is 9.59. The molecule has 0 fully saturated rings. The van der Waals surface area contributed by atoms with Crippen LogP contribution in [0.25, 0.3) is 0 Å². The monoisotopic (exact) mass is 150 g/mol. The standard InChI is InChI=1S/C3H6O2.C3H9P/c1-3(4)5-2;1-4(2)3/h1-2H3;1-3H3. The van der Waals surface area contributed by atoms with Crippen molar-refractivity contribution >= 4 is 13.9 Å². The van der Waals surface area contributed by atoms with E-state index < -0.39 is 0 Å². The third-order valence-electron chi connectivity index (χ3n) is 0.287. The van der Waals surface area contributed by atoms with E-state index in [1.54, 1.807) is 0 Å². The van der Waals surface area contributed by atoms with Gasteiger partial charge in [-0.05, 0) is 20.0 Å². The van der Waals surface area contributed by atoms with Gasteiger partial charge in [0.05, 0.1) is 7.11 Å². The minimum atomic E-state index is -0.245. The maximum Gasteiger partial charge on any atom is 0.302 e. The minimum Gasteiger partial charge on any atom is -0.469 e. The van der Waals surface area contributed by atoms with E-state index in [0.717, 1.165) is 0 Å². The van der Waals surface area contributed by atoms with Crippen molar-refractivity contribution in [2.24, 2.45) is 0 Å². The first-order valence-electron chi connectivity index (χ1n) is 2.66. The van der Waals surface area contributed by atoms with Crippen molar-refractivity contribution in [2.45, 2.75) is 6.92 Å². The Morgan fingerprint density at radius 3 is 1.44 bits per heavy atom. The Labute approximate surface area is 58.3 Å². The van der Waals surface area contributed by atoms with Gasteiger partial charge in [-0.3, -0.25) is 4.79 Å². The zero-order valence-electron chi connectivity index (χ0n) is 6.76. The molecule has 0 bridgehead atoms. The lowest BCUT2D eigenvalue weighted by atomic mass is 10.8. The fourth-order valence-corrected chi connectivity index (χ4v) is 0. The summed E-state index contributed by atoms with van der Waals surface area (Å²) >= 11 is 0. The zero-order valence-corrected chi connectivity index (χ0v) is 7.66. The summed E-state index contributed by atoms with van der Waals surface area (Å²) in [6.45, 7) is 8.06. The van der Waals surface area contributed by atoms with Crippen LogP contribution in [0.15, 0.2) is 0 Å².